The first kappa shape index (κ1) is 21.8. The Morgan fingerprint density at radius 3 is 2.71 bits per heavy atom. The predicted octanol–water partition coefficient (Wildman–Crippen LogP) is 3.67. The molecule has 180 valence electrons. The Bertz CT molecular complexity index is 1400. The topological polar surface area (TPSA) is 112 Å². The number of fused-ring (bicyclic) bond motifs is 1. The van der Waals surface area contributed by atoms with Crippen LogP contribution in [0.1, 0.15) is 60.7 Å². The number of rotatable bonds is 5. The van der Waals surface area contributed by atoms with E-state index in [1.807, 2.05) is 29.1 Å². The standard InChI is InChI=1S/C26H28N6O3/c1-17-4-2-5-23(32(17)35)25(33)28-22-14-18-16-31(20-8-10-26(34,11-9-20)19-6-7-19)29-21(18)15-24(22)30-13-3-12-27-30/h2-5,12-16,19-20,34H,6-11H2,1H3,(H,28,33). The molecule has 0 saturated heterocycles. The first-order valence-corrected chi connectivity index (χ1v) is 12.2. The summed E-state index contributed by atoms with van der Waals surface area (Å²) in [6.07, 6.45) is 11.2. The minimum absolute atomic E-state index is 0.0255. The molecule has 0 aliphatic heterocycles. The number of carbonyl (C=O) groups excluding carboxylic acids is 1. The fourth-order valence-corrected chi connectivity index (χ4v) is 5.32. The van der Waals surface area contributed by atoms with Gasteiger partial charge in [0.25, 0.3) is 5.69 Å². The van der Waals surface area contributed by atoms with Gasteiger partial charge in [0.15, 0.2) is 5.69 Å². The summed E-state index contributed by atoms with van der Waals surface area (Å²) in [4.78, 5) is 13.0. The van der Waals surface area contributed by atoms with Gasteiger partial charge in [0, 0.05) is 43.0 Å². The summed E-state index contributed by atoms with van der Waals surface area (Å²) in [6, 6.07) is 10.7. The van der Waals surface area contributed by atoms with E-state index in [0.717, 1.165) is 49.4 Å². The highest BCUT2D eigenvalue weighted by Crippen LogP contribution is 2.49. The maximum Gasteiger partial charge on any atom is 0.321 e. The molecule has 2 saturated carbocycles. The van der Waals surface area contributed by atoms with Crippen molar-refractivity contribution < 1.29 is 14.6 Å². The highest BCUT2D eigenvalue weighted by molar-refractivity contribution is 6.04. The van der Waals surface area contributed by atoms with Crippen molar-refractivity contribution in [2.45, 2.75) is 57.1 Å². The number of amides is 1. The van der Waals surface area contributed by atoms with Crippen molar-refractivity contribution in [3.8, 4) is 5.69 Å². The summed E-state index contributed by atoms with van der Waals surface area (Å²) in [6.45, 7) is 1.66. The van der Waals surface area contributed by atoms with Crippen molar-refractivity contribution in [2.75, 3.05) is 5.32 Å². The lowest BCUT2D eigenvalue weighted by Crippen LogP contribution is -2.39. The summed E-state index contributed by atoms with van der Waals surface area (Å²) in [5.41, 5.74) is 1.98. The molecular weight excluding hydrogens is 444 g/mol. The fraction of sp³-hybridized carbons (Fsp3) is 0.385. The Hall–Kier alpha value is -3.72. The molecule has 3 aromatic heterocycles. The minimum Gasteiger partial charge on any atom is -0.618 e. The zero-order valence-corrected chi connectivity index (χ0v) is 19.6. The average molecular weight is 473 g/mol. The van der Waals surface area contributed by atoms with Gasteiger partial charge in [-0.2, -0.15) is 14.9 Å². The molecule has 3 heterocycles. The van der Waals surface area contributed by atoms with Crippen LogP contribution in [-0.2, 0) is 0 Å². The van der Waals surface area contributed by atoms with E-state index in [1.165, 1.54) is 6.07 Å². The molecule has 0 bridgehead atoms. The number of hydrogen-bond donors (Lipinski definition) is 2. The van der Waals surface area contributed by atoms with Gasteiger partial charge >= 0.3 is 5.91 Å². The van der Waals surface area contributed by atoms with Gasteiger partial charge in [0.2, 0.25) is 0 Å². The van der Waals surface area contributed by atoms with Gasteiger partial charge in [-0.3, -0.25) is 9.48 Å². The molecule has 2 aliphatic carbocycles. The van der Waals surface area contributed by atoms with Crippen LogP contribution in [0.25, 0.3) is 16.6 Å². The molecule has 2 aliphatic rings. The molecule has 2 N–H and O–H groups in total. The molecule has 2 fully saturated rings. The van der Waals surface area contributed by atoms with Crippen LogP contribution in [0.15, 0.2) is 55.0 Å². The van der Waals surface area contributed by atoms with E-state index in [1.54, 1.807) is 36.1 Å². The summed E-state index contributed by atoms with van der Waals surface area (Å²) >= 11 is 0. The van der Waals surface area contributed by atoms with E-state index in [9.17, 15) is 15.1 Å². The van der Waals surface area contributed by atoms with E-state index in [0.29, 0.717) is 27.7 Å². The second kappa shape index (κ2) is 8.20. The van der Waals surface area contributed by atoms with Crippen LogP contribution in [0.2, 0.25) is 0 Å². The lowest BCUT2D eigenvalue weighted by molar-refractivity contribution is -0.614. The molecule has 35 heavy (non-hydrogen) atoms. The molecule has 6 rings (SSSR count). The van der Waals surface area contributed by atoms with Crippen molar-refractivity contribution in [3.63, 3.8) is 0 Å². The highest BCUT2D eigenvalue weighted by Gasteiger charge is 2.45. The van der Waals surface area contributed by atoms with Crippen LogP contribution in [0.3, 0.4) is 0 Å². The van der Waals surface area contributed by atoms with Crippen LogP contribution < -0.4 is 10.0 Å². The molecule has 9 nitrogen and oxygen atoms in total. The molecule has 4 aromatic rings. The fourth-order valence-electron chi connectivity index (χ4n) is 5.32. The molecule has 0 radical (unpaired) electrons. The van der Waals surface area contributed by atoms with Crippen molar-refractivity contribution in [1.82, 2.24) is 19.6 Å². The Balaban J connectivity index is 1.33. The van der Waals surface area contributed by atoms with Gasteiger partial charge in [0.05, 0.1) is 28.5 Å². The van der Waals surface area contributed by atoms with E-state index >= 15 is 0 Å². The Morgan fingerprint density at radius 2 is 2.00 bits per heavy atom. The molecule has 0 atom stereocenters. The second-order valence-corrected chi connectivity index (χ2v) is 9.90. The number of aryl methyl sites for hydroxylation is 1. The molecule has 1 amide bonds. The van der Waals surface area contributed by atoms with Gasteiger partial charge in [-0.05, 0) is 68.7 Å². The Labute approximate surface area is 202 Å². The maximum absolute atomic E-state index is 13.0. The maximum atomic E-state index is 13.0. The number of pyridine rings is 1. The van der Waals surface area contributed by atoms with Gasteiger partial charge in [-0.1, -0.05) is 0 Å². The normalized spacial score (nSPS) is 22.4. The monoisotopic (exact) mass is 472 g/mol. The number of carbonyl (C=O) groups is 1. The smallest absolute Gasteiger partial charge is 0.321 e. The predicted molar refractivity (Wildman–Crippen MR) is 130 cm³/mol. The van der Waals surface area contributed by atoms with E-state index < -0.39 is 11.5 Å². The summed E-state index contributed by atoms with van der Waals surface area (Å²) in [7, 11) is 0. The number of benzene rings is 1. The first-order chi connectivity index (χ1) is 16.9. The molecule has 9 heteroatoms. The third kappa shape index (κ3) is 3.95. The van der Waals surface area contributed by atoms with Crippen molar-refractivity contribution in [1.29, 1.82) is 0 Å². The number of nitrogens with one attached hydrogen (secondary N) is 1. The third-order valence-corrected chi connectivity index (χ3v) is 7.53. The van der Waals surface area contributed by atoms with Crippen LogP contribution in [-0.4, -0.2) is 36.2 Å². The SMILES string of the molecule is Cc1cccc(C(=O)Nc2cc3cn(C4CCC(O)(C5CC5)CC4)nc3cc2-n2cccn2)[n+]1[O-]. The summed E-state index contributed by atoms with van der Waals surface area (Å²) in [5.74, 6) is -0.0142. The molecule has 0 unspecified atom stereocenters. The molecular formula is C26H28N6O3. The molecule has 0 spiro atoms. The zero-order chi connectivity index (χ0) is 24.2. The van der Waals surface area contributed by atoms with Gasteiger partial charge in [0.1, 0.15) is 0 Å². The van der Waals surface area contributed by atoms with Crippen LogP contribution in [0.4, 0.5) is 5.69 Å². The van der Waals surface area contributed by atoms with Crippen molar-refractivity contribution in [2.24, 2.45) is 5.92 Å². The van der Waals surface area contributed by atoms with Crippen LogP contribution in [0.5, 0.6) is 0 Å². The lowest BCUT2D eigenvalue weighted by atomic mass is 9.79. The largest absolute Gasteiger partial charge is 0.618 e. The highest BCUT2D eigenvalue weighted by atomic mass is 16.5. The zero-order valence-electron chi connectivity index (χ0n) is 19.6. The second-order valence-electron chi connectivity index (χ2n) is 9.90. The number of hydrogen-bond acceptors (Lipinski definition) is 5. The summed E-state index contributed by atoms with van der Waals surface area (Å²) in [5, 5.41) is 36.3. The molecule has 1 aromatic carbocycles. The van der Waals surface area contributed by atoms with Crippen LogP contribution in [0, 0.1) is 18.0 Å². The third-order valence-electron chi connectivity index (χ3n) is 7.53. The Kier molecular flexibility index (Phi) is 5.10. The van der Waals surface area contributed by atoms with Crippen molar-refractivity contribution >= 4 is 22.5 Å². The minimum atomic E-state index is -0.498. The number of nitrogens with zero attached hydrogens (tertiary/aromatic N) is 5. The van der Waals surface area contributed by atoms with Crippen molar-refractivity contribution in [3.05, 3.63) is 71.6 Å². The number of aromatic nitrogens is 5. The van der Waals surface area contributed by atoms with E-state index in [2.05, 4.69) is 10.4 Å². The summed E-state index contributed by atoms with van der Waals surface area (Å²) < 4.78 is 4.30. The lowest BCUT2D eigenvalue weighted by Gasteiger charge is -2.36. The van der Waals surface area contributed by atoms with Gasteiger partial charge < -0.3 is 15.6 Å². The van der Waals surface area contributed by atoms with E-state index in [4.69, 9.17) is 5.10 Å². The number of aliphatic hydroxyl groups is 1. The van der Waals surface area contributed by atoms with Gasteiger partial charge in [-0.15, -0.1) is 0 Å². The quantitative estimate of drug-likeness (QED) is 0.340. The van der Waals surface area contributed by atoms with Crippen LogP contribution >= 0.6 is 0 Å². The first-order valence-electron chi connectivity index (χ1n) is 12.2. The van der Waals surface area contributed by atoms with E-state index in [-0.39, 0.29) is 11.7 Å². The number of anilines is 1. The average Bonchev–Trinajstić information content (AvgIpc) is 3.42. The Morgan fingerprint density at radius 1 is 1.20 bits per heavy atom. The van der Waals surface area contributed by atoms with Gasteiger partial charge in [-0.25, -0.2) is 4.68 Å².